The molecule has 4 N–H and O–H groups in total. The molecular formula is C52H59FN8O5. The number of carbonyl (C=O) groups excluding carboxylic acids is 4. The Morgan fingerprint density at radius 3 is 2.33 bits per heavy atom. The molecule has 1 unspecified atom stereocenters. The van der Waals surface area contributed by atoms with E-state index in [1.165, 1.54) is 4.57 Å². The zero-order valence-corrected chi connectivity index (χ0v) is 38.1. The number of piperidine rings is 4. The summed E-state index contributed by atoms with van der Waals surface area (Å²) in [6, 6.07) is 22.0. The van der Waals surface area contributed by atoms with Crippen LogP contribution < -0.4 is 27.0 Å². The standard InChI is InChI=1S/C52H59FN8O5/c1-33-8-10-38(54)30-43(33)48(63)55-34(2)40-12-9-36(41-6-4-5-7-42(40)41)16-21-52(53)22-28-58(29-23-52)32-35-17-24-60(25-18-35)50(65)37-19-26-59(27-20-37)39-11-13-44-46(31-39)57(3)51(66)61(44)45-14-15-47(62)56-49(45)64/h4-13,30-31,34-35,37,45H,14-15,17-20,22-29,32,54H2,1-3H3,(H,55,63)(H,56,62,64)/t34-,45?/m1/s1. The monoisotopic (exact) mass is 894 g/mol. The molecule has 14 heteroatoms. The van der Waals surface area contributed by atoms with Crippen molar-refractivity contribution in [1.29, 1.82) is 0 Å². The minimum absolute atomic E-state index is 0.0301. The van der Waals surface area contributed by atoms with Gasteiger partial charge in [0.1, 0.15) is 6.04 Å². The van der Waals surface area contributed by atoms with E-state index < -0.39 is 17.6 Å². The molecule has 5 aromatic rings. The maximum atomic E-state index is 16.3. The van der Waals surface area contributed by atoms with E-state index >= 15 is 4.39 Å². The van der Waals surface area contributed by atoms with Gasteiger partial charge in [-0.1, -0.05) is 48.2 Å². The minimum Gasteiger partial charge on any atom is -0.399 e. The summed E-state index contributed by atoms with van der Waals surface area (Å²) in [5.41, 5.74) is 10.1. The lowest BCUT2D eigenvalue weighted by Crippen LogP contribution is -2.48. The molecule has 0 radical (unpaired) electrons. The molecule has 66 heavy (non-hydrogen) atoms. The summed E-state index contributed by atoms with van der Waals surface area (Å²) in [5.74, 6) is 5.92. The number of aromatic nitrogens is 2. The number of carbonyl (C=O) groups is 4. The van der Waals surface area contributed by atoms with Gasteiger partial charge in [-0.2, -0.15) is 0 Å². The fourth-order valence-electron chi connectivity index (χ4n) is 10.6. The van der Waals surface area contributed by atoms with Crippen LogP contribution in [0.2, 0.25) is 0 Å². The average Bonchev–Trinajstić information content (AvgIpc) is 3.57. The van der Waals surface area contributed by atoms with Gasteiger partial charge in [-0.15, -0.1) is 0 Å². The molecule has 2 atom stereocenters. The molecule has 344 valence electrons. The van der Waals surface area contributed by atoms with Gasteiger partial charge < -0.3 is 25.8 Å². The van der Waals surface area contributed by atoms with Crippen molar-refractivity contribution in [3.8, 4) is 11.8 Å². The Balaban J connectivity index is 0.741. The van der Waals surface area contributed by atoms with Gasteiger partial charge in [-0.05, 0) is 110 Å². The molecule has 0 bridgehead atoms. The zero-order valence-electron chi connectivity index (χ0n) is 38.1. The van der Waals surface area contributed by atoms with E-state index in [0.29, 0.717) is 48.6 Å². The number of alkyl halides is 1. The summed E-state index contributed by atoms with van der Waals surface area (Å²) < 4.78 is 19.3. The smallest absolute Gasteiger partial charge is 0.329 e. The molecule has 4 saturated heterocycles. The predicted molar refractivity (Wildman–Crippen MR) is 255 cm³/mol. The van der Waals surface area contributed by atoms with Crippen molar-refractivity contribution in [3.63, 3.8) is 0 Å². The first-order valence-corrected chi connectivity index (χ1v) is 23.5. The lowest BCUT2D eigenvalue weighted by atomic mass is 9.89. The van der Waals surface area contributed by atoms with Crippen molar-refractivity contribution >= 4 is 56.8 Å². The van der Waals surface area contributed by atoms with Crippen LogP contribution in [0.4, 0.5) is 15.8 Å². The van der Waals surface area contributed by atoms with Gasteiger partial charge >= 0.3 is 5.69 Å². The van der Waals surface area contributed by atoms with Crippen LogP contribution in [0.25, 0.3) is 21.8 Å². The number of imidazole rings is 1. The van der Waals surface area contributed by atoms with E-state index in [1.54, 1.807) is 23.7 Å². The predicted octanol–water partition coefficient (Wildman–Crippen LogP) is 6.16. The van der Waals surface area contributed by atoms with Crippen molar-refractivity contribution in [1.82, 2.24) is 29.6 Å². The number of likely N-dealkylation sites (tertiary alicyclic amines) is 2. The number of nitrogen functional groups attached to an aromatic ring is 1. The molecule has 5 heterocycles. The number of nitrogens with one attached hydrogen (secondary N) is 2. The number of aryl methyl sites for hydroxylation is 2. The molecule has 4 amide bonds. The second-order valence-corrected chi connectivity index (χ2v) is 18.9. The third kappa shape index (κ3) is 9.05. The van der Waals surface area contributed by atoms with Gasteiger partial charge in [-0.25, -0.2) is 9.18 Å². The van der Waals surface area contributed by atoms with Gasteiger partial charge in [0.05, 0.1) is 17.1 Å². The lowest BCUT2D eigenvalue weighted by molar-refractivity contribution is -0.138. The summed E-state index contributed by atoms with van der Waals surface area (Å²) in [7, 11) is 1.70. The quantitative estimate of drug-likeness (QED) is 0.0951. The Bertz CT molecular complexity index is 2830. The van der Waals surface area contributed by atoms with E-state index in [1.807, 2.05) is 79.4 Å². The van der Waals surface area contributed by atoms with E-state index in [4.69, 9.17) is 5.73 Å². The first-order valence-electron chi connectivity index (χ1n) is 23.5. The fraction of sp³-hybridized carbons (Fsp3) is 0.442. The third-order valence-electron chi connectivity index (χ3n) is 14.6. The van der Waals surface area contributed by atoms with E-state index in [9.17, 15) is 24.0 Å². The van der Waals surface area contributed by atoms with Gasteiger partial charge in [0.15, 0.2) is 5.67 Å². The number of nitrogens with two attached hydrogens (primary N) is 1. The van der Waals surface area contributed by atoms with Crippen molar-refractivity contribution in [2.75, 3.05) is 56.4 Å². The Morgan fingerprint density at radius 1 is 0.879 bits per heavy atom. The van der Waals surface area contributed by atoms with E-state index in [2.05, 4.69) is 32.3 Å². The normalized spacial score (nSPS) is 20.2. The highest BCUT2D eigenvalue weighted by atomic mass is 19.1. The number of halogens is 1. The summed E-state index contributed by atoms with van der Waals surface area (Å²) in [5, 5.41) is 7.37. The summed E-state index contributed by atoms with van der Waals surface area (Å²) in [6.07, 6.45) is 4.55. The number of amides is 4. The Kier molecular flexibility index (Phi) is 12.5. The zero-order chi connectivity index (χ0) is 46.3. The topological polar surface area (TPSA) is 155 Å². The van der Waals surface area contributed by atoms with Crippen LogP contribution >= 0.6 is 0 Å². The van der Waals surface area contributed by atoms with Crippen molar-refractivity contribution < 1.29 is 23.6 Å². The Hall–Kier alpha value is -6.46. The minimum atomic E-state index is -1.58. The average molecular weight is 895 g/mol. The summed E-state index contributed by atoms with van der Waals surface area (Å²) in [4.78, 5) is 71.2. The Morgan fingerprint density at radius 2 is 1.61 bits per heavy atom. The molecule has 0 saturated carbocycles. The first kappa shape index (κ1) is 44.7. The highest BCUT2D eigenvalue weighted by Gasteiger charge is 2.36. The van der Waals surface area contributed by atoms with Crippen LogP contribution in [0.5, 0.6) is 0 Å². The molecule has 4 aliphatic heterocycles. The summed E-state index contributed by atoms with van der Waals surface area (Å²) >= 11 is 0. The molecular weight excluding hydrogens is 836 g/mol. The first-order chi connectivity index (χ1) is 31.7. The van der Waals surface area contributed by atoms with Crippen LogP contribution in [0.3, 0.4) is 0 Å². The van der Waals surface area contributed by atoms with Gasteiger partial charge in [0, 0.05) is 101 Å². The van der Waals surface area contributed by atoms with Crippen LogP contribution in [0, 0.1) is 30.6 Å². The molecule has 0 spiro atoms. The second kappa shape index (κ2) is 18.4. The van der Waals surface area contributed by atoms with E-state index in [0.717, 1.165) is 97.1 Å². The van der Waals surface area contributed by atoms with Crippen molar-refractivity contribution in [2.24, 2.45) is 18.9 Å². The van der Waals surface area contributed by atoms with Gasteiger partial charge in [0.2, 0.25) is 17.7 Å². The van der Waals surface area contributed by atoms with Crippen LogP contribution in [-0.2, 0) is 21.4 Å². The molecule has 13 nitrogen and oxygen atoms in total. The fourth-order valence-corrected chi connectivity index (χ4v) is 10.6. The maximum Gasteiger partial charge on any atom is 0.329 e. The summed E-state index contributed by atoms with van der Waals surface area (Å²) in [6.45, 7) is 8.96. The maximum absolute atomic E-state index is 16.3. The number of imide groups is 1. The number of anilines is 2. The SMILES string of the molecule is Cc1ccc(N)cc1C(=O)N[C@H](C)c1ccc(C#CC2(F)CCN(CC3CCN(C(=O)C4CCN(c5ccc6c(c5)n(C)c(=O)n6C5CCC(=O)NC5=O)CC4)CC3)CC2)c2ccccc12. The van der Waals surface area contributed by atoms with Crippen LogP contribution in [0.15, 0.2) is 77.6 Å². The molecule has 4 aliphatic rings. The Labute approximate surface area is 384 Å². The van der Waals surface area contributed by atoms with Crippen molar-refractivity contribution in [3.05, 3.63) is 106 Å². The number of rotatable bonds is 8. The highest BCUT2D eigenvalue weighted by molar-refractivity contribution is 6.00. The number of nitrogens with zero attached hydrogens (tertiary/aromatic N) is 5. The molecule has 9 rings (SSSR count). The third-order valence-corrected chi connectivity index (χ3v) is 14.6. The number of fused-ring (bicyclic) bond motifs is 2. The van der Waals surface area contributed by atoms with Crippen LogP contribution in [0.1, 0.15) is 97.4 Å². The van der Waals surface area contributed by atoms with Crippen molar-refractivity contribution in [2.45, 2.75) is 83.0 Å². The lowest BCUT2D eigenvalue weighted by Gasteiger charge is -2.40. The van der Waals surface area contributed by atoms with Gasteiger partial charge in [-0.3, -0.25) is 33.6 Å². The highest BCUT2D eigenvalue weighted by Crippen LogP contribution is 2.33. The second-order valence-electron chi connectivity index (χ2n) is 18.9. The molecule has 4 fully saturated rings. The molecule has 4 aromatic carbocycles. The van der Waals surface area contributed by atoms with Gasteiger partial charge in [0.25, 0.3) is 5.91 Å². The number of benzene rings is 4. The number of hydrogen-bond acceptors (Lipinski definition) is 8. The number of hydrogen-bond donors (Lipinski definition) is 3. The van der Waals surface area contributed by atoms with Crippen LogP contribution in [-0.4, -0.2) is 94.0 Å². The molecule has 1 aromatic heterocycles. The largest absolute Gasteiger partial charge is 0.399 e. The van der Waals surface area contributed by atoms with E-state index in [-0.39, 0.29) is 48.2 Å². The molecule has 0 aliphatic carbocycles.